The number of hydrogen-bond acceptors (Lipinski definition) is 3. The number of nitrogens with one attached hydrogen (secondary N) is 1. The second kappa shape index (κ2) is 8.02. The number of ketones is 1. The summed E-state index contributed by atoms with van der Waals surface area (Å²) >= 11 is 0. The first-order valence-electron chi connectivity index (χ1n) is 7.09. The molecule has 22 heavy (non-hydrogen) atoms. The SMILES string of the molecule is O=C(CCCC(=O)c1ccc(F)cc1)NCc1ccncc1. The molecular formula is C17H17FN2O2. The van der Waals surface area contributed by atoms with Gasteiger partial charge in [-0.25, -0.2) is 4.39 Å². The average molecular weight is 300 g/mol. The molecule has 1 amide bonds. The normalized spacial score (nSPS) is 10.2. The highest BCUT2D eigenvalue weighted by Gasteiger charge is 2.08. The molecule has 0 aliphatic rings. The van der Waals surface area contributed by atoms with Crippen molar-refractivity contribution in [3.05, 3.63) is 65.7 Å². The van der Waals surface area contributed by atoms with Gasteiger partial charge in [0.15, 0.2) is 5.78 Å². The summed E-state index contributed by atoms with van der Waals surface area (Å²) < 4.78 is 12.8. The Morgan fingerprint density at radius 2 is 1.68 bits per heavy atom. The van der Waals surface area contributed by atoms with Gasteiger partial charge in [-0.05, 0) is 48.4 Å². The number of halogens is 1. The van der Waals surface area contributed by atoms with E-state index in [1.54, 1.807) is 12.4 Å². The van der Waals surface area contributed by atoms with Gasteiger partial charge in [0, 0.05) is 37.3 Å². The van der Waals surface area contributed by atoms with Crippen LogP contribution in [0.5, 0.6) is 0 Å². The van der Waals surface area contributed by atoms with Gasteiger partial charge in [-0.15, -0.1) is 0 Å². The molecule has 0 atom stereocenters. The van der Waals surface area contributed by atoms with E-state index >= 15 is 0 Å². The number of hydrogen-bond donors (Lipinski definition) is 1. The predicted molar refractivity (Wildman–Crippen MR) is 80.7 cm³/mol. The molecule has 2 aromatic rings. The molecule has 5 heteroatoms. The number of rotatable bonds is 7. The minimum atomic E-state index is -0.368. The molecule has 0 saturated carbocycles. The van der Waals surface area contributed by atoms with Crippen LogP contribution >= 0.6 is 0 Å². The number of carbonyl (C=O) groups is 2. The van der Waals surface area contributed by atoms with Crippen LogP contribution in [-0.2, 0) is 11.3 Å². The molecule has 0 fully saturated rings. The van der Waals surface area contributed by atoms with E-state index in [0.717, 1.165) is 5.56 Å². The molecule has 1 aromatic heterocycles. The van der Waals surface area contributed by atoms with E-state index in [0.29, 0.717) is 18.5 Å². The highest BCUT2D eigenvalue weighted by molar-refractivity contribution is 5.96. The van der Waals surface area contributed by atoms with Crippen molar-refractivity contribution in [2.75, 3.05) is 0 Å². The smallest absolute Gasteiger partial charge is 0.220 e. The fraction of sp³-hybridized carbons (Fsp3) is 0.235. The molecule has 0 unspecified atom stereocenters. The second-order valence-electron chi connectivity index (χ2n) is 4.92. The third-order valence-electron chi connectivity index (χ3n) is 3.21. The number of aromatic nitrogens is 1. The molecule has 0 bridgehead atoms. The Labute approximate surface area is 128 Å². The van der Waals surface area contributed by atoms with E-state index in [9.17, 15) is 14.0 Å². The maximum atomic E-state index is 12.8. The van der Waals surface area contributed by atoms with Crippen molar-refractivity contribution in [3.8, 4) is 0 Å². The van der Waals surface area contributed by atoms with Crippen LogP contribution in [0.1, 0.15) is 35.2 Å². The van der Waals surface area contributed by atoms with Gasteiger partial charge in [-0.2, -0.15) is 0 Å². The van der Waals surface area contributed by atoms with Gasteiger partial charge in [0.05, 0.1) is 0 Å². The summed E-state index contributed by atoms with van der Waals surface area (Å²) in [6.07, 6.45) is 4.37. The van der Waals surface area contributed by atoms with E-state index in [1.807, 2.05) is 12.1 Å². The van der Waals surface area contributed by atoms with Crippen molar-refractivity contribution in [1.29, 1.82) is 0 Å². The Kier molecular flexibility index (Phi) is 5.77. The quantitative estimate of drug-likeness (QED) is 0.800. The number of amides is 1. The summed E-state index contributed by atoms with van der Waals surface area (Å²) in [4.78, 5) is 27.4. The zero-order chi connectivity index (χ0) is 15.8. The fourth-order valence-corrected chi connectivity index (χ4v) is 1.98. The summed E-state index contributed by atoms with van der Waals surface area (Å²) in [5.41, 5.74) is 1.45. The maximum Gasteiger partial charge on any atom is 0.220 e. The first kappa shape index (κ1) is 15.8. The zero-order valence-electron chi connectivity index (χ0n) is 12.1. The summed E-state index contributed by atoms with van der Waals surface area (Å²) in [6.45, 7) is 0.452. The van der Waals surface area contributed by atoms with Crippen LogP contribution in [0.3, 0.4) is 0 Å². The number of nitrogens with zero attached hydrogens (tertiary/aromatic N) is 1. The number of Topliss-reactive ketones (excluding diaryl/α,β-unsaturated/α-hetero) is 1. The molecule has 1 aromatic carbocycles. The van der Waals surface area contributed by atoms with Crippen LogP contribution in [0, 0.1) is 5.82 Å². The third-order valence-corrected chi connectivity index (χ3v) is 3.21. The lowest BCUT2D eigenvalue weighted by Gasteiger charge is -2.05. The molecule has 0 saturated heterocycles. The topological polar surface area (TPSA) is 59.1 Å². The summed E-state index contributed by atoms with van der Waals surface area (Å²) in [6, 6.07) is 9.10. The summed E-state index contributed by atoms with van der Waals surface area (Å²) in [7, 11) is 0. The first-order chi connectivity index (χ1) is 10.6. The second-order valence-corrected chi connectivity index (χ2v) is 4.92. The van der Waals surface area contributed by atoms with E-state index in [1.165, 1.54) is 24.3 Å². The molecule has 1 N–H and O–H groups in total. The summed E-state index contributed by atoms with van der Waals surface area (Å²) in [5.74, 6) is -0.544. The van der Waals surface area contributed by atoms with Crippen LogP contribution in [-0.4, -0.2) is 16.7 Å². The van der Waals surface area contributed by atoms with Crippen molar-refractivity contribution in [3.63, 3.8) is 0 Å². The Morgan fingerprint density at radius 3 is 2.36 bits per heavy atom. The molecule has 0 spiro atoms. The van der Waals surface area contributed by atoms with Crippen LogP contribution in [0.2, 0.25) is 0 Å². The van der Waals surface area contributed by atoms with E-state index in [4.69, 9.17) is 0 Å². The Morgan fingerprint density at radius 1 is 1.00 bits per heavy atom. The maximum absolute atomic E-state index is 12.8. The van der Waals surface area contributed by atoms with Crippen molar-refractivity contribution in [2.45, 2.75) is 25.8 Å². The molecular weight excluding hydrogens is 283 g/mol. The Balaban J connectivity index is 1.68. The van der Waals surface area contributed by atoms with E-state index in [-0.39, 0.29) is 30.3 Å². The van der Waals surface area contributed by atoms with Crippen LogP contribution in [0.4, 0.5) is 4.39 Å². The first-order valence-corrected chi connectivity index (χ1v) is 7.09. The van der Waals surface area contributed by atoms with Gasteiger partial charge in [0.2, 0.25) is 5.91 Å². The lowest BCUT2D eigenvalue weighted by Crippen LogP contribution is -2.22. The molecule has 4 nitrogen and oxygen atoms in total. The zero-order valence-corrected chi connectivity index (χ0v) is 12.1. The van der Waals surface area contributed by atoms with Crippen molar-refractivity contribution in [2.24, 2.45) is 0 Å². The molecule has 2 rings (SSSR count). The van der Waals surface area contributed by atoms with Crippen molar-refractivity contribution in [1.82, 2.24) is 10.3 Å². The lowest BCUT2D eigenvalue weighted by molar-refractivity contribution is -0.121. The Hall–Kier alpha value is -2.56. The van der Waals surface area contributed by atoms with Crippen LogP contribution < -0.4 is 5.32 Å². The largest absolute Gasteiger partial charge is 0.352 e. The van der Waals surface area contributed by atoms with Crippen LogP contribution in [0.25, 0.3) is 0 Å². The Bertz CT molecular complexity index is 627. The predicted octanol–water partition coefficient (Wildman–Crippen LogP) is 2.89. The summed E-state index contributed by atoms with van der Waals surface area (Å²) in [5, 5.41) is 2.79. The van der Waals surface area contributed by atoms with Gasteiger partial charge in [0.25, 0.3) is 0 Å². The molecule has 114 valence electrons. The monoisotopic (exact) mass is 300 g/mol. The van der Waals surface area contributed by atoms with Gasteiger partial charge in [0.1, 0.15) is 5.82 Å². The number of pyridine rings is 1. The molecule has 0 radical (unpaired) electrons. The highest BCUT2D eigenvalue weighted by Crippen LogP contribution is 2.08. The minimum absolute atomic E-state index is 0.0815. The van der Waals surface area contributed by atoms with Crippen molar-refractivity contribution < 1.29 is 14.0 Å². The van der Waals surface area contributed by atoms with Gasteiger partial charge in [-0.1, -0.05) is 0 Å². The molecule has 0 aliphatic heterocycles. The van der Waals surface area contributed by atoms with E-state index < -0.39 is 0 Å². The number of benzene rings is 1. The molecule has 0 aliphatic carbocycles. The van der Waals surface area contributed by atoms with Crippen LogP contribution in [0.15, 0.2) is 48.8 Å². The highest BCUT2D eigenvalue weighted by atomic mass is 19.1. The number of carbonyl (C=O) groups excluding carboxylic acids is 2. The average Bonchev–Trinajstić information content (AvgIpc) is 2.54. The van der Waals surface area contributed by atoms with E-state index in [2.05, 4.69) is 10.3 Å². The molecule has 1 heterocycles. The fourth-order valence-electron chi connectivity index (χ4n) is 1.98. The van der Waals surface area contributed by atoms with Crippen molar-refractivity contribution >= 4 is 11.7 Å². The minimum Gasteiger partial charge on any atom is -0.352 e. The standard InChI is InChI=1S/C17H17FN2O2/c18-15-6-4-14(5-7-15)16(21)2-1-3-17(22)20-12-13-8-10-19-11-9-13/h4-11H,1-3,12H2,(H,20,22). The van der Waals surface area contributed by atoms with Gasteiger partial charge in [-0.3, -0.25) is 14.6 Å². The van der Waals surface area contributed by atoms with Gasteiger partial charge < -0.3 is 5.32 Å². The van der Waals surface area contributed by atoms with Gasteiger partial charge >= 0.3 is 0 Å². The third kappa shape index (κ3) is 5.09. The lowest BCUT2D eigenvalue weighted by atomic mass is 10.1.